The van der Waals surface area contributed by atoms with Crippen molar-refractivity contribution in [3.8, 4) is 5.88 Å². The number of aromatic nitrogens is 2. The first-order valence-corrected chi connectivity index (χ1v) is 11.7. The predicted molar refractivity (Wildman–Crippen MR) is 134 cm³/mol. The molecule has 1 aliphatic rings. The summed E-state index contributed by atoms with van der Waals surface area (Å²) in [7, 11) is 0. The van der Waals surface area contributed by atoms with Crippen LogP contribution in [0.2, 0.25) is 10.0 Å². The number of aromatic hydroxyl groups is 1. The summed E-state index contributed by atoms with van der Waals surface area (Å²) in [5, 5.41) is 15.8. The van der Waals surface area contributed by atoms with Gasteiger partial charge in [-0.15, -0.1) is 0 Å². The molecule has 2 aromatic carbocycles. The van der Waals surface area contributed by atoms with E-state index in [0.717, 1.165) is 11.8 Å². The van der Waals surface area contributed by atoms with E-state index in [-0.39, 0.29) is 23.1 Å². The van der Waals surface area contributed by atoms with Crippen molar-refractivity contribution in [3.05, 3.63) is 90.5 Å². The molecular formula is C22H17Cl2N5O5S. The topological polar surface area (TPSA) is 157 Å². The Hall–Kier alpha value is -3.54. The van der Waals surface area contributed by atoms with Crippen molar-refractivity contribution in [1.82, 2.24) is 15.3 Å². The fourth-order valence-corrected chi connectivity index (χ4v) is 4.67. The van der Waals surface area contributed by atoms with Crippen LogP contribution in [0, 0.1) is 0 Å². The van der Waals surface area contributed by atoms with Crippen LogP contribution in [0.5, 0.6) is 5.88 Å². The summed E-state index contributed by atoms with van der Waals surface area (Å²) in [6, 6.07) is 11.8. The smallest absolute Gasteiger partial charge is 0.328 e. The van der Waals surface area contributed by atoms with Gasteiger partial charge in [-0.1, -0.05) is 47.1 Å². The largest absolute Gasteiger partial charge is 0.494 e. The van der Waals surface area contributed by atoms with Gasteiger partial charge in [0.15, 0.2) is 5.17 Å². The zero-order valence-corrected chi connectivity index (χ0v) is 20.0. The number of rotatable bonds is 6. The van der Waals surface area contributed by atoms with Crippen LogP contribution in [0.4, 0.5) is 5.69 Å². The lowest BCUT2D eigenvalue weighted by Crippen LogP contribution is -2.29. The Balaban J connectivity index is 1.59. The number of thioether (sulfide) groups is 1. The number of aliphatic imine (C=N–C) groups is 1. The molecule has 1 aliphatic heterocycles. The number of nitrogens with zero attached hydrogens (tertiary/aromatic N) is 1. The molecule has 4 rings (SSSR count). The lowest BCUT2D eigenvalue weighted by Gasteiger charge is -2.14. The molecule has 1 saturated heterocycles. The maximum Gasteiger partial charge on any atom is 0.328 e. The molecule has 35 heavy (non-hydrogen) atoms. The molecule has 0 saturated carbocycles. The zero-order chi connectivity index (χ0) is 25.1. The van der Waals surface area contributed by atoms with Crippen molar-refractivity contribution < 1.29 is 14.7 Å². The third kappa shape index (κ3) is 5.94. The molecule has 5 N–H and O–H groups in total. The Morgan fingerprint density at radius 1 is 1.09 bits per heavy atom. The van der Waals surface area contributed by atoms with Gasteiger partial charge in [-0.25, -0.2) is 9.79 Å². The summed E-state index contributed by atoms with van der Waals surface area (Å²) in [4.78, 5) is 57.6. The quantitative estimate of drug-likeness (QED) is 0.328. The van der Waals surface area contributed by atoms with Gasteiger partial charge in [0.25, 0.3) is 5.56 Å². The van der Waals surface area contributed by atoms with Gasteiger partial charge in [0.2, 0.25) is 17.7 Å². The maximum atomic E-state index is 12.5. The summed E-state index contributed by atoms with van der Waals surface area (Å²) in [5.74, 6) is -1.49. The van der Waals surface area contributed by atoms with E-state index >= 15 is 0 Å². The molecule has 10 nitrogen and oxygen atoms in total. The molecule has 0 spiro atoms. The predicted octanol–water partition coefficient (Wildman–Crippen LogP) is 2.78. The van der Waals surface area contributed by atoms with E-state index in [1.807, 2.05) is 0 Å². The second-order valence-electron chi connectivity index (χ2n) is 7.42. The minimum absolute atomic E-state index is 0.134. The fourth-order valence-electron chi connectivity index (χ4n) is 3.35. The van der Waals surface area contributed by atoms with Crippen LogP contribution in [-0.4, -0.2) is 37.3 Å². The lowest BCUT2D eigenvalue weighted by atomic mass is 10.0. The van der Waals surface area contributed by atoms with Crippen LogP contribution in [0.3, 0.4) is 0 Å². The summed E-state index contributed by atoms with van der Waals surface area (Å²) < 4.78 is 0. The number of H-pyrrole nitrogens is 2. The van der Waals surface area contributed by atoms with Crippen molar-refractivity contribution >= 4 is 57.6 Å². The Morgan fingerprint density at radius 3 is 2.51 bits per heavy atom. The van der Waals surface area contributed by atoms with Gasteiger partial charge in [-0.05, 0) is 42.0 Å². The number of hydrogen-bond acceptors (Lipinski definition) is 7. The number of amidine groups is 1. The molecule has 0 radical (unpaired) electrons. The molecule has 3 aromatic rings. The normalized spacial score (nSPS) is 17.3. The van der Waals surface area contributed by atoms with Gasteiger partial charge in [0.05, 0.1) is 0 Å². The Bertz CT molecular complexity index is 1440. The van der Waals surface area contributed by atoms with Crippen molar-refractivity contribution in [2.75, 3.05) is 5.32 Å². The highest BCUT2D eigenvalue weighted by Crippen LogP contribution is 2.32. The molecule has 2 amide bonds. The number of halogens is 2. The van der Waals surface area contributed by atoms with Gasteiger partial charge in [0.1, 0.15) is 16.9 Å². The van der Waals surface area contributed by atoms with E-state index in [1.165, 1.54) is 0 Å². The molecular weight excluding hydrogens is 517 g/mol. The molecule has 2 atom stereocenters. The van der Waals surface area contributed by atoms with E-state index in [1.54, 1.807) is 48.5 Å². The van der Waals surface area contributed by atoms with Gasteiger partial charge < -0.3 is 15.7 Å². The van der Waals surface area contributed by atoms with Gasteiger partial charge in [-0.3, -0.25) is 24.4 Å². The van der Waals surface area contributed by atoms with E-state index < -0.39 is 34.3 Å². The standard InChI is InChI=1S/C22H17Cl2N5O5S/c23-11-4-6-13(7-5-11)25-15(30)9-14-18(31)29-22(35-14)26-17(10-2-1-3-12(24)8-10)16-19(32)27-21(34)28-20(16)33/h1-8,14,17H,9H2,(H,25,30)(H,26,29,31)(H3,27,28,32,33,34). The minimum Gasteiger partial charge on any atom is -0.494 e. The molecule has 2 unspecified atom stereocenters. The third-order valence-electron chi connectivity index (χ3n) is 4.92. The monoisotopic (exact) mass is 533 g/mol. The number of amides is 2. The molecule has 180 valence electrons. The van der Waals surface area contributed by atoms with Gasteiger partial charge in [0, 0.05) is 22.2 Å². The average Bonchev–Trinajstić information content (AvgIpc) is 3.12. The summed E-state index contributed by atoms with van der Waals surface area (Å²) in [5.41, 5.74) is -1.02. The minimum atomic E-state index is -1.11. The SMILES string of the molecule is O=C(CC1SC(=NC(c2cccc(Cl)c2)c2c(O)[nH]c(=O)[nH]c2=O)NC1=O)Nc1ccc(Cl)cc1. The molecule has 0 aliphatic carbocycles. The van der Waals surface area contributed by atoms with E-state index in [0.29, 0.717) is 21.3 Å². The first-order chi connectivity index (χ1) is 16.7. The maximum absolute atomic E-state index is 12.5. The zero-order valence-electron chi connectivity index (χ0n) is 17.7. The van der Waals surface area contributed by atoms with Crippen LogP contribution in [0.1, 0.15) is 23.6 Å². The van der Waals surface area contributed by atoms with Crippen molar-refractivity contribution in [1.29, 1.82) is 0 Å². The summed E-state index contributed by atoms with van der Waals surface area (Å²) in [6.07, 6.45) is -0.134. The first-order valence-electron chi connectivity index (χ1n) is 10.1. The number of hydrogen-bond donors (Lipinski definition) is 5. The Kier molecular flexibility index (Phi) is 7.29. The second kappa shape index (κ2) is 10.4. The number of benzene rings is 2. The van der Waals surface area contributed by atoms with E-state index in [9.17, 15) is 24.3 Å². The number of nitrogens with one attached hydrogen (secondary N) is 4. The number of aromatic amines is 2. The molecule has 13 heteroatoms. The average molecular weight is 534 g/mol. The number of anilines is 1. The van der Waals surface area contributed by atoms with Crippen LogP contribution in [-0.2, 0) is 9.59 Å². The first kappa shape index (κ1) is 24.6. The van der Waals surface area contributed by atoms with Gasteiger partial charge in [-0.2, -0.15) is 0 Å². The Labute approximate surface area is 211 Å². The number of carbonyl (C=O) groups excluding carboxylic acids is 2. The van der Waals surface area contributed by atoms with Gasteiger partial charge >= 0.3 is 5.69 Å². The Morgan fingerprint density at radius 2 is 1.83 bits per heavy atom. The van der Waals surface area contributed by atoms with Crippen LogP contribution in [0.15, 0.2) is 63.1 Å². The summed E-state index contributed by atoms with van der Waals surface area (Å²) in [6.45, 7) is 0. The van der Waals surface area contributed by atoms with Crippen molar-refractivity contribution in [3.63, 3.8) is 0 Å². The number of carbonyl (C=O) groups is 2. The fraction of sp³-hybridized carbons (Fsp3) is 0.136. The van der Waals surface area contributed by atoms with Crippen molar-refractivity contribution in [2.45, 2.75) is 17.7 Å². The lowest BCUT2D eigenvalue weighted by molar-refractivity contribution is -0.122. The summed E-state index contributed by atoms with van der Waals surface area (Å²) >= 11 is 12.9. The highest BCUT2D eigenvalue weighted by Gasteiger charge is 2.33. The highest BCUT2D eigenvalue weighted by atomic mass is 35.5. The molecule has 2 heterocycles. The van der Waals surface area contributed by atoms with Crippen molar-refractivity contribution in [2.24, 2.45) is 4.99 Å². The van der Waals surface area contributed by atoms with E-state index in [2.05, 4.69) is 25.6 Å². The molecule has 1 fully saturated rings. The third-order valence-corrected chi connectivity index (χ3v) is 6.50. The van der Waals surface area contributed by atoms with E-state index in [4.69, 9.17) is 23.2 Å². The molecule has 1 aromatic heterocycles. The second-order valence-corrected chi connectivity index (χ2v) is 9.48. The van der Waals surface area contributed by atoms with Crippen LogP contribution < -0.4 is 21.9 Å². The molecule has 0 bridgehead atoms. The van der Waals surface area contributed by atoms with Crippen LogP contribution >= 0.6 is 35.0 Å². The highest BCUT2D eigenvalue weighted by molar-refractivity contribution is 8.15. The van der Waals surface area contributed by atoms with Crippen LogP contribution in [0.25, 0.3) is 0 Å².